The van der Waals surface area contributed by atoms with Gasteiger partial charge in [-0.1, -0.05) is 108 Å². The number of alkyl carbamates (subject to hydrolysis) is 4. The van der Waals surface area contributed by atoms with E-state index in [1.807, 2.05) is 100 Å². The SMILES string of the molecule is CC#Cc1cnc(C2CCCN2C(=O)C(NC(=O)OC)C(C)C)[nH]1.COC(=O)NC(C(=O)N1CCCC1c1ncc(-c2cc3sc(C)cc3s2)[nH]1)C(C)C.COC(=O)NC(C(=O)N1CCCC1c1ncc(-c2cc3sc(C)cc3s2)[nH]1)C(C)C.COC(=O)NC(C(=O)N1CCCC1c1ncc(-c2ccc(C)cc2)[nH]1)c1ccccc1. The van der Waals surface area contributed by atoms with Gasteiger partial charge in [0.2, 0.25) is 17.7 Å². The number of aryl methyl sites for hydroxylation is 3. The Kier molecular flexibility index (Phi) is 28.8. The summed E-state index contributed by atoms with van der Waals surface area (Å²) in [5.41, 5.74) is 6.56. The summed E-state index contributed by atoms with van der Waals surface area (Å²) in [5, 5.41) is 10.7. The predicted molar refractivity (Wildman–Crippen MR) is 446 cm³/mol. The molecule has 4 aliphatic heterocycles. The summed E-state index contributed by atoms with van der Waals surface area (Å²) in [6, 6.07) is 23.0. The molecule has 28 nitrogen and oxygen atoms in total. The third-order valence-electron chi connectivity index (χ3n) is 20.6. The second kappa shape index (κ2) is 39.0. The van der Waals surface area contributed by atoms with Crippen molar-refractivity contribution in [2.45, 2.75) is 169 Å². The number of fused-ring (bicyclic) bond motifs is 2. The number of aromatic nitrogens is 8. The summed E-state index contributed by atoms with van der Waals surface area (Å²) in [5.74, 6) is 8.21. The van der Waals surface area contributed by atoms with E-state index in [9.17, 15) is 38.4 Å². The minimum Gasteiger partial charge on any atom is -0.453 e. The van der Waals surface area contributed by atoms with Gasteiger partial charge >= 0.3 is 24.4 Å². The number of benzene rings is 2. The Balaban J connectivity index is 0.000000152. The molecular weight excluding hydrogens is 1540 g/mol. The van der Waals surface area contributed by atoms with Gasteiger partial charge in [-0.15, -0.1) is 45.3 Å². The van der Waals surface area contributed by atoms with Gasteiger partial charge in [-0.3, -0.25) is 19.2 Å². The lowest BCUT2D eigenvalue weighted by atomic mass is 10.0. The number of ether oxygens (including phenoxy) is 4. The number of aromatic amines is 4. The minimum absolute atomic E-state index is 0.0454. The van der Waals surface area contributed by atoms with Crippen molar-refractivity contribution in [3.8, 4) is 44.2 Å². The van der Waals surface area contributed by atoms with Crippen LogP contribution in [0.5, 0.6) is 0 Å². The molecule has 0 saturated carbocycles. The fraction of sp³-hybridized carbons (Fsp3) is 0.446. The van der Waals surface area contributed by atoms with E-state index in [0.29, 0.717) is 31.7 Å². The molecule has 610 valence electrons. The highest BCUT2D eigenvalue weighted by molar-refractivity contribution is 7.30. The van der Waals surface area contributed by atoms with Crippen LogP contribution < -0.4 is 21.3 Å². The fourth-order valence-electron chi connectivity index (χ4n) is 14.7. The topological polar surface area (TPSA) is 349 Å². The van der Waals surface area contributed by atoms with Crippen LogP contribution in [-0.4, -0.2) is 180 Å². The van der Waals surface area contributed by atoms with E-state index in [0.717, 1.165) is 113 Å². The number of carbonyl (C=O) groups is 8. The Hall–Kier alpha value is -10.9. The van der Waals surface area contributed by atoms with Crippen molar-refractivity contribution in [2.75, 3.05) is 54.6 Å². The molecule has 8 N–H and O–H groups in total. The minimum atomic E-state index is -0.819. The molecule has 32 heteroatoms. The van der Waals surface area contributed by atoms with Crippen molar-refractivity contribution < 1.29 is 57.3 Å². The van der Waals surface area contributed by atoms with E-state index in [1.54, 1.807) is 68.3 Å². The standard InChI is InChI=1S/C24H26N4O3.2C21H26N4O3S2.C17H24N4O3/c1-16-10-12-17(13-11-16)19-15-25-22(26-19)20-9-6-14-28(20)23(29)21(27-24(30)31-2)18-7-4-3-5-8-18;2*1-11(2)18(24-21(27)28-4)20(26)25-7-5-6-14(25)19-22-10-13(23-19)15-9-17-16(30-15)8-12(3)29-17;1-5-7-12-10-18-15(19-12)13-8-6-9-21(13)16(22)14(11(2)3)20-17(23)24-4/h3-5,7-8,10-13,15,20-21H,6,9,14H2,1-2H3,(H,25,26)(H,27,30);2*8-11,14,18H,5-7H2,1-4H3,(H,22,23)(H,24,27);10-11,13-14H,6,8-9H2,1-4H3,(H,18,19)(H,20,23). The lowest BCUT2D eigenvalue weighted by Gasteiger charge is -2.30. The number of likely N-dealkylation sites (tertiary alicyclic amines) is 4. The maximum Gasteiger partial charge on any atom is 0.407 e. The molecule has 8 unspecified atom stereocenters. The van der Waals surface area contributed by atoms with Crippen molar-refractivity contribution in [1.82, 2.24) is 80.7 Å². The van der Waals surface area contributed by atoms with Crippen LogP contribution >= 0.6 is 45.3 Å². The summed E-state index contributed by atoms with van der Waals surface area (Å²) >= 11 is 7.09. The van der Waals surface area contributed by atoms with Crippen LogP contribution in [0.1, 0.15) is 180 Å². The maximum absolute atomic E-state index is 13.5. The van der Waals surface area contributed by atoms with E-state index in [-0.39, 0.29) is 65.5 Å². The van der Waals surface area contributed by atoms with Gasteiger partial charge in [-0.2, -0.15) is 0 Å². The van der Waals surface area contributed by atoms with Crippen LogP contribution in [0.2, 0.25) is 0 Å². The number of nitrogens with one attached hydrogen (secondary N) is 8. The van der Waals surface area contributed by atoms with Gasteiger partial charge in [-0.05, 0) is 138 Å². The van der Waals surface area contributed by atoms with Crippen LogP contribution in [0.15, 0.2) is 104 Å². The normalized spacial score (nSPS) is 17.5. The van der Waals surface area contributed by atoms with Gasteiger partial charge in [0.25, 0.3) is 5.91 Å². The fourth-order valence-corrected chi connectivity index (χ4v) is 19.3. The van der Waals surface area contributed by atoms with Crippen molar-refractivity contribution in [2.24, 2.45) is 17.8 Å². The molecule has 8 atom stereocenters. The van der Waals surface area contributed by atoms with Crippen molar-refractivity contribution in [1.29, 1.82) is 0 Å². The Morgan fingerprint density at radius 2 is 0.783 bits per heavy atom. The van der Waals surface area contributed by atoms with Crippen molar-refractivity contribution in [3.05, 3.63) is 154 Å². The number of rotatable bonds is 19. The van der Waals surface area contributed by atoms with E-state index in [2.05, 4.69) is 147 Å². The molecule has 4 saturated heterocycles. The van der Waals surface area contributed by atoms with Crippen molar-refractivity contribution >= 4 is 112 Å². The molecule has 10 aromatic rings. The smallest absolute Gasteiger partial charge is 0.407 e. The van der Waals surface area contributed by atoms with Crippen LogP contribution in [0.3, 0.4) is 0 Å². The first-order valence-electron chi connectivity index (χ1n) is 38.6. The third-order valence-corrected chi connectivity index (χ3v) is 25.1. The summed E-state index contributed by atoms with van der Waals surface area (Å²) in [6.07, 6.45) is 11.7. The van der Waals surface area contributed by atoms with Gasteiger partial charge in [0.1, 0.15) is 53.2 Å². The summed E-state index contributed by atoms with van der Waals surface area (Å²) < 4.78 is 23.9. The van der Waals surface area contributed by atoms with Crippen LogP contribution in [0.4, 0.5) is 19.2 Å². The second-order valence-electron chi connectivity index (χ2n) is 29.7. The number of hydrogen-bond donors (Lipinski definition) is 8. The number of hydrogen-bond acceptors (Lipinski definition) is 20. The number of thiophene rings is 4. The first-order chi connectivity index (χ1) is 55.3. The first-order valence-corrected chi connectivity index (χ1v) is 41.9. The average Bonchev–Trinajstić information content (AvgIpc) is 1.66. The van der Waals surface area contributed by atoms with E-state index >= 15 is 0 Å². The first kappa shape index (κ1) is 85.0. The van der Waals surface area contributed by atoms with Gasteiger partial charge in [0.15, 0.2) is 0 Å². The number of amides is 8. The van der Waals surface area contributed by atoms with E-state index in [4.69, 9.17) is 14.2 Å². The highest BCUT2D eigenvalue weighted by Crippen LogP contribution is 2.42. The Morgan fingerprint density at radius 1 is 0.435 bits per heavy atom. The van der Waals surface area contributed by atoms with Crippen LogP contribution in [-0.2, 0) is 38.1 Å². The lowest BCUT2D eigenvalue weighted by Crippen LogP contribution is -2.51. The largest absolute Gasteiger partial charge is 0.453 e. The van der Waals surface area contributed by atoms with Gasteiger partial charge in [0.05, 0.1) is 104 Å². The Morgan fingerprint density at radius 3 is 1.16 bits per heavy atom. The molecular formula is C83H102N16O12S4. The van der Waals surface area contributed by atoms with Gasteiger partial charge in [0, 0.05) is 54.7 Å². The molecule has 14 rings (SSSR count). The van der Waals surface area contributed by atoms with E-state index < -0.39 is 48.5 Å². The molecule has 4 aliphatic rings. The summed E-state index contributed by atoms with van der Waals surface area (Å²) in [4.78, 5) is 144. The predicted octanol–water partition coefficient (Wildman–Crippen LogP) is 15.4. The number of methoxy groups -OCH3 is 4. The number of imidazole rings is 4. The maximum atomic E-state index is 13.5. The summed E-state index contributed by atoms with van der Waals surface area (Å²) in [7, 11) is 5.18. The Labute approximate surface area is 685 Å². The highest BCUT2D eigenvalue weighted by atomic mass is 32.1. The number of carbonyl (C=O) groups excluding carboxylic acids is 8. The third kappa shape index (κ3) is 20.6. The van der Waals surface area contributed by atoms with Crippen LogP contribution in [0.25, 0.3) is 51.2 Å². The summed E-state index contributed by atoms with van der Waals surface area (Å²) in [6.45, 7) is 22.1. The average molecular weight is 1640 g/mol. The molecule has 12 heterocycles. The van der Waals surface area contributed by atoms with Gasteiger partial charge < -0.3 is 79.8 Å². The van der Waals surface area contributed by atoms with Crippen molar-refractivity contribution in [3.63, 3.8) is 0 Å². The molecule has 0 aliphatic carbocycles. The second-order valence-corrected chi connectivity index (χ2v) is 34.4. The Bertz CT molecular complexity index is 4850. The number of H-pyrrole nitrogens is 4. The lowest BCUT2D eigenvalue weighted by molar-refractivity contribution is -0.136. The zero-order valence-corrected chi connectivity index (χ0v) is 70.5. The highest BCUT2D eigenvalue weighted by Gasteiger charge is 2.42. The van der Waals surface area contributed by atoms with Gasteiger partial charge in [-0.25, -0.2) is 39.1 Å². The van der Waals surface area contributed by atoms with E-state index in [1.165, 1.54) is 62.6 Å². The molecule has 4 fully saturated rings. The quantitative estimate of drug-likeness (QED) is 0.0275. The molecule has 115 heavy (non-hydrogen) atoms. The zero-order valence-electron chi connectivity index (χ0n) is 67.3. The monoisotopic (exact) mass is 1640 g/mol. The molecule has 0 radical (unpaired) electrons. The zero-order chi connectivity index (χ0) is 82.3. The molecule has 2 aromatic carbocycles. The molecule has 8 amide bonds. The van der Waals surface area contributed by atoms with Crippen LogP contribution in [0, 0.1) is 50.4 Å². The number of nitrogens with zero attached hydrogens (tertiary/aromatic N) is 8. The molecule has 0 spiro atoms. The molecule has 8 aromatic heterocycles. The molecule has 0 bridgehead atoms.